The van der Waals surface area contributed by atoms with E-state index >= 15 is 0 Å². The van der Waals surface area contributed by atoms with Gasteiger partial charge in [-0.05, 0) is 13.8 Å². The maximum atomic E-state index is 5.31. The molecule has 4 nitrogen and oxygen atoms in total. The lowest BCUT2D eigenvalue weighted by molar-refractivity contribution is 0.0398. The van der Waals surface area contributed by atoms with Crippen molar-refractivity contribution >= 4 is 16.5 Å². The van der Waals surface area contributed by atoms with E-state index in [1.807, 2.05) is 0 Å². The number of morpholine rings is 1. The van der Waals surface area contributed by atoms with Crippen molar-refractivity contribution in [2.24, 2.45) is 0 Å². The number of anilines is 1. The molecule has 5 heteroatoms. The second-order valence-corrected chi connectivity index (χ2v) is 5.24. The number of aryl methyl sites for hydroxylation is 2. The van der Waals surface area contributed by atoms with Crippen LogP contribution in [0.5, 0.6) is 0 Å². The van der Waals surface area contributed by atoms with Crippen LogP contribution in [0.2, 0.25) is 0 Å². The van der Waals surface area contributed by atoms with Crippen molar-refractivity contribution in [3.63, 3.8) is 0 Å². The van der Waals surface area contributed by atoms with Crippen molar-refractivity contribution in [2.75, 3.05) is 44.7 Å². The first kappa shape index (κ1) is 11.8. The second kappa shape index (κ2) is 5.61. The molecule has 1 aromatic rings. The van der Waals surface area contributed by atoms with Gasteiger partial charge >= 0.3 is 0 Å². The van der Waals surface area contributed by atoms with Gasteiger partial charge in [-0.25, -0.2) is 4.98 Å². The zero-order valence-electron chi connectivity index (χ0n) is 9.95. The van der Waals surface area contributed by atoms with Gasteiger partial charge in [0.25, 0.3) is 0 Å². The maximum Gasteiger partial charge on any atom is 0.183 e. The van der Waals surface area contributed by atoms with Crippen molar-refractivity contribution in [3.8, 4) is 0 Å². The molecule has 16 heavy (non-hydrogen) atoms. The van der Waals surface area contributed by atoms with Crippen molar-refractivity contribution in [1.82, 2.24) is 9.88 Å². The van der Waals surface area contributed by atoms with E-state index in [-0.39, 0.29) is 0 Å². The Bertz CT molecular complexity index is 314. The molecule has 1 fully saturated rings. The number of nitrogens with one attached hydrogen (secondary N) is 1. The first-order valence-electron chi connectivity index (χ1n) is 5.74. The highest BCUT2D eigenvalue weighted by atomic mass is 32.1. The lowest BCUT2D eigenvalue weighted by Crippen LogP contribution is -2.38. The third-order valence-electron chi connectivity index (χ3n) is 2.84. The van der Waals surface area contributed by atoms with Crippen LogP contribution >= 0.6 is 11.3 Å². The minimum Gasteiger partial charge on any atom is -0.379 e. The first-order chi connectivity index (χ1) is 7.75. The molecule has 0 atom stereocenters. The molecule has 90 valence electrons. The summed E-state index contributed by atoms with van der Waals surface area (Å²) in [5, 5.41) is 4.42. The van der Waals surface area contributed by atoms with E-state index < -0.39 is 0 Å². The highest BCUT2D eigenvalue weighted by Gasteiger charge is 2.09. The minimum atomic E-state index is 0.871. The van der Waals surface area contributed by atoms with Crippen LogP contribution in [-0.2, 0) is 4.74 Å². The molecule has 0 saturated carbocycles. The average molecular weight is 241 g/mol. The van der Waals surface area contributed by atoms with Gasteiger partial charge in [-0.3, -0.25) is 4.90 Å². The normalized spacial score (nSPS) is 17.6. The number of hydrogen-bond donors (Lipinski definition) is 1. The summed E-state index contributed by atoms with van der Waals surface area (Å²) in [7, 11) is 0. The Balaban J connectivity index is 1.71. The summed E-state index contributed by atoms with van der Waals surface area (Å²) >= 11 is 1.74. The van der Waals surface area contributed by atoms with Crippen LogP contribution in [0.1, 0.15) is 10.6 Å². The van der Waals surface area contributed by atoms with Crippen LogP contribution in [0.25, 0.3) is 0 Å². The van der Waals surface area contributed by atoms with Gasteiger partial charge in [-0.2, -0.15) is 0 Å². The lowest BCUT2D eigenvalue weighted by Gasteiger charge is -2.26. The molecule has 1 aliphatic heterocycles. The number of nitrogens with zero attached hydrogens (tertiary/aromatic N) is 2. The molecule has 0 bridgehead atoms. The molecule has 1 aliphatic rings. The molecule has 1 saturated heterocycles. The molecule has 0 spiro atoms. The number of rotatable bonds is 4. The van der Waals surface area contributed by atoms with Crippen molar-refractivity contribution in [1.29, 1.82) is 0 Å². The van der Waals surface area contributed by atoms with E-state index in [0.717, 1.165) is 50.2 Å². The SMILES string of the molecule is Cc1nc(NCCN2CCOCC2)sc1C. The van der Waals surface area contributed by atoms with E-state index in [9.17, 15) is 0 Å². The highest BCUT2D eigenvalue weighted by molar-refractivity contribution is 7.15. The van der Waals surface area contributed by atoms with Gasteiger partial charge in [-0.15, -0.1) is 11.3 Å². The number of hydrogen-bond acceptors (Lipinski definition) is 5. The van der Waals surface area contributed by atoms with Gasteiger partial charge in [0, 0.05) is 31.1 Å². The van der Waals surface area contributed by atoms with Gasteiger partial charge in [0.2, 0.25) is 0 Å². The zero-order chi connectivity index (χ0) is 11.4. The van der Waals surface area contributed by atoms with E-state index in [4.69, 9.17) is 4.74 Å². The molecule has 0 amide bonds. The molecular formula is C11H19N3OS. The lowest BCUT2D eigenvalue weighted by atomic mass is 10.4. The van der Waals surface area contributed by atoms with Crippen LogP contribution in [0.4, 0.5) is 5.13 Å². The van der Waals surface area contributed by atoms with E-state index in [2.05, 4.69) is 29.0 Å². The number of aromatic nitrogens is 1. The minimum absolute atomic E-state index is 0.871. The van der Waals surface area contributed by atoms with Gasteiger partial charge in [-0.1, -0.05) is 0 Å². The van der Waals surface area contributed by atoms with Crippen LogP contribution in [-0.4, -0.2) is 49.3 Å². The van der Waals surface area contributed by atoms with Gasteiger partial charge in [0.05, 0.1) is 18.9 Å². The second-order valence-electron chi connectivity index (χ2n) is 4.04. The Morgan fingerprint density at radius 2 is 2.12 bits per heavy atom. The maximum absolute atomic E-state index is 5.31. The molecule has 1 aromatic heterocycles. The van der Waals surface area contributed by atoms with Gasteiger partial charge in [0.1, 0.15) is 0 Å². The third kappa shape index (κ3) is 3.17. The summed E-state index contributed by atoms with van der Waals surface area (Å²) in [5.41, 5.74) is 1.14. The van der Waals surface area contributed by atoms with Crippen LogP contribution in [0, 0.1) is 13.8 Å². The van der Waals surface area contributed by atoms with E-state index in [1.54, 1.807) is 11.3 Å². The van der Waals surface area contributed by atoms with Crippen molar-refractivity contribution in [2.45, 2.75) is 13.8 Å². The Morgan fingerprint density at radius 1 is 1.38 bits per heavy atom. The molecule has 2 heterocycles. The van der Waals surface area contributed by atoms with Crippen LogP contribution in [0.15, 0.2) is 0 Å². The first-order valence-corrected chi connectivity index (χ1v) is 6.55. The average Bonchev–Trinajstić information content (AvgIpc) is 2.60. The third-order valence-corrected chi connectivity index (χ3v) is 3.87. The van der Waals surface area contributed by atoms with Crippen LogP contribution < -0.4 is 5.32 Å². The fraction of sp³-hybridized carbons (Fsp3) is 0.727. The quantitative estimate of drug-likeness (QED) is 0.867. The van der Waals surface area contributed by atoms with Crippen LogP contribution in [0.3, 0.4) is 0 Å². The standard InChI is InChI=1S/C11H19N3OS/c1-9-10(2)16-11(13-9)12-3-4-14-5-7-15-8-6-14/h3-8H2,1-2H3,(H,12,13). The Labute approximate surface area is 101 Å². The summed E-state index contributed by atoms with van der Waals surface area (Å²) in [6, 6.07) is 0. The molecule has 0 unspecified atom stereocenters. The highest BCUT2D eigenvalue weighted by Crippen LogP contribution is 2.20. The number of ether oxygens (including phenoxy) is 1. The summed E-state index contributed by atoms with van der Waals surface area (Å²) < 4.78 is 5.31. The predicted molar refractivity (Wildman–Crippen MR) is 67.3 cm³/mol. The Hall–Kier alpha value is -0.650. The summed E-state index contributed by atoms with van der Waals surface area (Å²) in [4.78, 5) is 8.18. The summed E-state index contributed by atoms with van der Waals surface area (Å²) in [5.74, 6) is 0. The Morgan fingerprint density at radius 3 is 2.75 bits per heavy atom. The van der Waals surface area contributed by atoms with E-state index in [0.29, 0.717) is 0 Å². The van der Waals surface area contributed by atoms with Gasteiger partial charge < -0.3 is 10.1 Å². The molecular weight excluding hydrogens is 222 g/mol. The number of thiazole rings is 1. The monoisotopic (exact) mass is 241 g/mol. The zero-order valence-corrected chi connectivity index (χ0v) is 10.8. The largest absolute Gasteiger partial charge is 0.379 e. The fourth-order valence-corrected chi connectivity index (χ4v) is 2.53. The molecule has 1 N–H and O–H groups in total. The topological polar surface area (TPSA) is 37.4 Å². The van der Waals surface area contributed by atoms with Crippen molar-refractivity contribution in [3.05, 3.63) is 10.6 Å². The molecule has 0 radical (unpaired) electrons. The molecule has 2 rings (SSSR count). The van der Waals surface area contributed by atoms with Crippen molar-refractivity contribution < 1.29 is 4.74 Å². The smallest absolute Gasteiger partial charge is 0.183 e. The molecule has 0 aliphatic carbocycles. The fourth-order valence-electron chi connectivity index (χ4n) is 1.69. The summed E-state index contributed by atoms with van der Waals surface area (Å²) in [6.07, 6.45) is 0. The Kier molecular flexibility index (Phi) is 4.15. The van der Waals surface area contributed by atoms with Gasteiger partial charge in [0.15, 0.2) is 5.13 Å². The van der Waals surface area contributed by atoms with E-state index in [1.165, 1.54) is 4.88 Å². The summed E-state index contributed by atoms with van der Waals surface area (Å²) in [6.45, 7) is 10.0. The predicted octanol–water partition coefficient (Wildman–Crippen LogP) is 1.50. The molecule has 0 aromatic carbocycles.